The Balaban J connectivity index is 2.31. The molecule has 6 heteroatoms. The minimum absolute atomic E-state index is 0.0219. The van der Waals surface area contributed by atoms with E-state index in [9.17, 15) is 0 Å². The molecule has 0 radical (unpaired) electrons. The van der Waals surface area contributed by atoms with Crippen LogP contribution in [0, 0.1) is 6.92 Å². The van der Waals surface area contributed by atoms with Gasteiger partial charge in [-0.25, -0.2) is 5.43 Å². The van der Waals surface area contributed by atoms with Crippen LogP contribution in [0.4, 0.5) is 0 Å². The first-order valence-corrected chi connectivity index (χ1v) is 5.70. The molecule has 1 unspecified atom stereocenters. The van der Waals surface area contributed by atoms with E-state index in [4.69, 9.17) is 5.84 Å². The summed E-state index contributed by atoms with van der Waals surface area (Å²) < 4.78 is 3.82. The van der Waals surface area contributed by atoms with E-state index < -0.39 is 0 Å². The molecule has 0 aromatic carbocycles. The van der Waals surface area contributed by atoms with Gasteiger partial charge in [0.1, 0.15) is 0 Å². The van der Waals surface area contributed by atoms with E-state index >= 15 is 0 Å². The number of hydrogen-bond donors (Lipinski definition) is 2. The number of nitrogens with zero attached hydrogens (tertiary/aromatic N) is 2. The van der Waals surface area contributed by atoms with Crippen molar-refractivity contribution in [3.63, 3.8) is 0 Å². The molecular formula is C8H10N4S2. The van der Waals surface area contributed by atoms with Gasteiger partial charge in [-0.2, -0.15) is 0 Å². The highest BCUT2D eigenvalue weighted by Crippen LogP contribution is 2.28. The van der Waals surface area contributed by atoms with Crippen LogP contribution >= 0.6 is 22.9 Å². The lowest BCUT2D eigenvalue weighted by Crippen LogP contribution is -2.27. The van der Waals surface area contributed by atoms with Gasteiger partial charge < -0.3 is 0 Å². The number of aromatic nitrogens is 2. The standard InChI is InChI=1S/C8H10N4S2/c1-5-2-3-6(13-5)8(11-9)7-4-10-12-14-7/h2-4,8,11H,9H2,1H3. The van der Waals surface area contributed by atoms with Crippen molar-refractivity contribution < 1.29 is 0 Å². The molecule has 0 amide bonds. The molecule has 0 saturated heterocycles. The number of thiophene rings is 1. The van der Waals surface area contributed by atoms with E-state index in [-0.39, 0.29) is 6.04 Å². The Labute approximate surface area is 89.9 Å². The third-order valence-corrected chi connectivity index (χ3v) is 3.67. The SMILES string of the molecule is Cc1ccc(C(NN)c2cnns2)s1. The zero-order valence-electron chi connectivity index (χ0n) is 7.60. The fraction of sp³-hybridized carbons (Fsp3) is 0.250. The molecule has 3 N–H and O–H groups in total. The average Bonchev–Trinajstić information content (AvgIpc) is 2.79. The van der Waals surface area contributed by atoms with Crippen LogP contribution < -0.4 is 11.3 Å². The van der Waals surface area contributed by atoms with E-state index in [0.717, 1.165) is 4.88 Å². The fourth-order valence-electron chi connectivity index (χ4n) is 1.22. The summed E-state index contributed by atoms with van der Waals surface area (Å²) in [5.74, 6) is 5.51. The highest BCUT2D eigenvalue weighted by Gasteiger charge is 2.15. The van der Waals surface area contributed by atoms with Crippen LogP contribution in [-0.2, 0) is 0 Å². The first-order chi connectivity index (χ1) is 6.81. The second-order valence-corrected chi connectivity index (χ2v) is 5.00. The third kappa shape index (κ3) is 1.83. The molecule has 2 rings (SSSR count). The van der Waals surface area contributed by atoms with Crippen molar-refractivity contribution in [2.24, 2.45) is 5.84 Å². The summed E-state index contributed by atoms with van der Waals surface area (Å²) in [6.45, 7) is 2.08. The Kier molecular flexibility index (Phi) is 2.87. The maximum atomic E-state index is 5.51. The second-order valence-electron chi connectivity index (χ2n) is 2.87. The number of nitrogens with two attached hydrogens (primary N) is 1. The molecule has 2 aromatic rings. The maximum absolute atomic E-state index is 5.51. The van der Waals surface area contributed by atoms with Crippen LogP contribution in [0.5, 0.6) is 0 Å². The summed E-state index contributed by atoms with van der Waals surface area (Å²) in [5, 5.41) is 3.80. The van der Waals surface area contributed by atoms with Crippen LogP contribution in [0.3, 0.4) is 0 Å². The normalized spacial score (nSPS) is 13.0. The Morgan fingerprint density at radius 3 is 2.79 bits per heavy atom. The zero-order valence-corrected chi connectivity index (χ0v) is 9.23. The number of rotatable bonds is 3. The first-order valence-electron chi connectivity index (χ1n) is 4.11. The predicted molar refractivity (Wildman–Crippen MR) is 58.1 cm³/mol. The topological polar surface area (TPSA) is 63.8 Å². The summed E-state index contributed by atoms with van der Waals surface area (Å²) >= 11 is 3.09. The zero-order chi connectivity index (χ0) is 9.97. The number of hydrazine groups is 1. The van der Waals surface area contributed by atoms with Crippen LogP contribution in [0.25, 0.3) is 0 Å². The Hall–Kier alpha value is -0.820. The van der Waals surface area contributed by atoms with Gasteiger partial charge in [0.15, 0.2) is 0 Å². The summed E-state index contributed by atoms with van der Waals surface area (Å²) in [4.78, 5) is 3.50. The summed E-state index contributed by atoms with van der Waals surface area (Å²) in [7, 11) is 0. The van der Waals surface area contributed by atoms with Gasteiger partial charge in [-0.05, 0) is 30.6 Å². The van der Waals surface area contributed by atoms with Crippen molar-refractivity contribution >= 4 is 22.9 Å². The van der Waals surface area contributed by atoms with Gasteiger partial charge in [0.05, 0.1) is 17.1 Å². The first kappa shape index (κ1) is 9.72. The molecular weight excluding hydrogens is 216 g/mol. The Morgan fingerprint density at radius 1 is 1.43 bits per heavy atom. The third-order valence-electron chi connectivity index (χ3n) is 1.88. The monoisotopic (exact) mass is 226 g/mol. The lowest BCUT2D eigenvalue weighted by Gasteiger charge is -2.10. The smallest absolute Gasteiger partial charge is 0.0926 e. The van der Waals surface area contributed by atoms with Crippen molar-refractivity contribution in [2.45, 2.75) is 13.0 Å². The van der Waals surface area contributed by atoms with Crippen molar-refractivity contribution in [1.29, 1.82) is 0 Å². The predicted octanol–water partition coefficient (Wildman–Crippen LogP) is 1.46. The average molecular weight is 226 g/mol. The number of hydrogen-bond acceptors (Lipinski definition) is 6. The van der Waals surface area contributed by atoms with E-state index in [0.29, 0.717) is 0 Å². The maximum Gasteiger partial charge on any atom is 0.0926 e. The van der Waals surface area contributed by atoms with Gasteiger partial charge in [-0.15, -0.1) is 16.4 Å². The minimum Gasteiger partial charge on any atom is -0.271 e. The Morgan fingerprint density at radius 2 is 2.29 bits per heavy atom. The van der Waals surface area contributed by atoms with Crippen LogP contribution in [0.2, 0.25) is 0 Å². The summed E-state index contributed by atoms with van der Waals surface area (Å²) in [6, 6.07) is 4.18. The second kappa shape index (κ2) is 4.14. The molecule has 0 aliphatic heterocycles. The van der Waals surface area contributed by atoms with E-state index in [1.807, 2.05) is 0 Å². The molecule has 4 nitrogen and oxygen atoms in total. The van der Waals surface area contributed by atoms with Crippen LogP contribution in [0.15, 0.2) is 18.3 Å². The molecule has 2 heterocycles. The number of nitrogens with one attached hydrogen (secondary N) is 1. The van der Waals surface area contributed by atoms with Crippen molar-refractivity contribution in [3.05, 3.63) is 33.0 Å². The molecule has 0 aliphatic rings. The molecule has 74 valence electrons. The van der Waals surface area contributed by atoms with Crippen molar-refractivity contribution in [3.8, 4) is 0 Å². The lowest BCUT2D eigenvalue weighted by molar-refractivity contribution is 0.655. The van der Waals surface area contributed by atoms with Gasteiger partial charge in [0.25, 0.3) is 0 Å². The molecule has 0 fully saturated rings. The van der Waals surface area contributed by atoms with Gasteiger partial charge in [0, 0.05) is 9.75 Å². The molecule has 0 aliphatic carbocycles. The Bertz CT molecular complexity index is 395. The van der Waals surface area contributed by atoms with E-state index in [2.05, 4.69) is 34.1 Å². The van der Waals surface area contributed by atoms with E-state index in [1.54, 1.807) is 17.5 Å². The molecule has 14 heavy (non-hydrogen) atoms. The fourth-order valence-corrected chi connectivity index (χ4v) is 2.83. The van der Waals surface area contributed by atoms with Gasteiger partial charge in [0.2, 0.25) is 0 Å². The minimum atomic E-state index is 0.0219. The molecule has 0 saturated carbocycles. The largest absolute Gasteiger partial charge is 0.271 e. The molecule has 2 aromatic heterocycles. The quantitative estimate of drug-likeness (QED) is 0.614. The number of aryl methyl sites for hydroxylation is 1. The molecule has 0 spiro atoms. The van der Waals surface area contributed by atoms with Crippen molar-refractivity contribution in [2.75, 3.05) is 0 Å². The molecule has 0 bridgehead atoms. The van der Waals surface area contributed by atoms with Gasteiger partial charge >= 0.3 is 0 Å². The highest BCUT2D eigenvalue weighted by atomic mass is 32.1. The lowest BCUT2D eigenvalue weighted by atomic mass is 10.2. The van der Waals surface area contributed by atoms with E-state index in [1.165, 1.54) is 21.3 Å². The summed E-state index contributed by atoms with van der Waals surface area (Å²) in [6.07, 6.45) is 1.74. The van der Waals surface area contributed by atoms with Crippen molar-refractivity contribution in [1.82, 2.24) is 15.0 Å². The van der Waals surface area contributed by atoms with Gasteiger partial charge in [-0.3, -0.25) is 5.84 Å². The van der Waals surface area contributed by atoms with Crippen LogP contribution in [0.1, 0.15) is 20.7 Å². The van der Waals surface area contributed by atoms with Crippen LogP contribution in [-0.4, -0.2) is 9.59 Å². The highest BCUT2D eigenvalue weighted by molar-refractivity contribution is 7.12. The van der Waals surface area contributed by atoms with Gasteiger partial charge in [-0.1, -0.05) is 4.49 Å². The molecule has 1 atom stereocenters. The summed E-state index contributed by atoms with van der Waals surface area (Å²) in [5.41, 5.74) is 2.77.